The Balaban J connectivity index is 1.92. The predicted molar refractivity (Wildman–Crippen MR) is 109 cm³/mol. The van der Waals surface area contributed by atoms with Gasteiger partial charge in [-0.1, -0.05) is 18.2 Å². The largest absolute Gasteiger partial charge is 0.573 e. The number of carbonyl (C=O) groups is 2. The predicted octanol–water partition coefficient (Wildman–Crippen LogP) is 3.84. The van der Waals surface area contributed by atoms with Crippen molar-refractivity contribution < 1.29 is 32.2 Å². The molecule has 0 aromatic heterocycles. The van der Waals surface area contributed by atoms with Crippen molar-refractivity contribution in [3.05, 3.63) is 54.6 Å². The van der Waals surface area contributed by atoms with E-state index < -0.39 is 30.0 Å². The smallest absolute Gasteiger partial charge is 0.484 e. The monoisotopic (exact) mass is 442 g/mol. The molecule has 2 rings (SSSR count). The van der Waals surface area contributed by atoms with Gasteiger partial charge in [-0.15, -0.1) is 13.2 Å². The van der Waals surface area contributed by atoms with Crippen molar-refractivity contribution in [2.24, 2.45) is 0 Å². The van der Waals surface area contributed by atoms with Crippen LogP contribution in [0.5, 0.6) is 11.5 Å². The molecule has 162 valence electrons. The molecule has 6 nitrogen and oxygen atoms in total. The summed E-state index contributed by atoms with van der Waals surface area (Å²) in [5.74, 6) is -0.198. The van der Waals surface area contributed by atoms with Crippen LogP contribution in [0.15, 0.2) is 54.6 Å². The van der Waals surface area contributed by atoms with Crippen LogP contribution in [0.3, 0.4) is 0 Å². The number of nitrogens with one attached hydrogen (secondary N) is 2. The van der Waals surface area contributed by atoms with Gasteiger partial charge in [-0.3, -0.25) is 9.59 Å². The summed E-state index contributed by atoms with van der Waals surface area (Å²) in [6.07, 6.45) is -2.55. The first-order valence-corrected chi connectivity index (χ1v) is 10.3. The molecule has 10 heteroatoms. The molecule has 0 saturated carbocycles. The minimum absolute atomic E-state index is 0.253. The van der Waals surface area contributed by atoms with Crippen LogP contribution in [0.25, 0.3) is 0 Å². The Morgan fingerprint density at radius 2 is 1.70 bits per heavy atom. The minimum Gasteiger partial charge on any atom is -0.484 e. The highest BCUT2D eigenvalue weighted by atomic mass is 32.2. The third-order valence-electron chi connectivity index (χ3n) is 3.73. The van der Waals surface area contributed by atoms with Crippen LogP contribution in [0.1, 0.15) is 6.42 Å². The molecule has 1 atom stereocenters. The Morgan fingerprint density at radius 3 is 2.30 bits per heavy atom. The second-order valence-electron chi connectivity index (χ2n) is 6.06. The SMILES string of the molecule is CSCC[C@H](NC(=O)COc1ccccc1)C(=O)Nc1ccc(OC(F)(F)F)cc1. The quantitative estimate of drug-likeness (QED) is 0.585. The fourth-order valence-corrected chi connectivity index (χ4v) is 2.85. The second-order valence-corrected chi connectivity index (χ2v) is 7.05. The number of hydrogen-bond acceptors (Lipinski definition) is 5. The Bertz CT molecular complexity index is 817. The number of alkyl halides is 3. The minimum atomic E-state index is -4.79. The zero-order valence-electron chi connectivity index (χ0n) is 16.1. The maximum Gasteiger partial charge on any atom is 0.573 e. The number of halogens is 3. The van der Waals surface area contributed by atoms with E-state index in [9.17, 15) is 22.8 Å². The van der Waals surface area contributed by atoms with Crippen molar-refractivity contribution in [2.75, 3.05) is 23.9 Å². The normalized spacial score (nSPS) is 12.0. The van der Waals surface area contributed by atoms with Crippen LogP contribution in [0.4, 0.5) is 18.9 Å². The molecule has 0 bridgehead atoms. The molecule has 0 unspecified atom stereocenters. The van der Waals surface area contributed by atoms with Gasteiger partial charge in [0.05, 0.1) is 0 Å². The zero-order valence-corrected chi connectivity index (χ0v) is 16.9. The fraction of sp³-hybridized carbons (Fsp3) is 0.300. The summed E-state index contributed by atoms with van der Waals surface area (Å²) in [4.78, 5) is 24.7. The highest BCUT2D eigenvalue weighted by Gasteiger charge is 2.31. The number of carbonyl (C=O) groups excluding carboxylic acids is 2. The van der Waals surface area contributed by atoms with Crippen molar-refractivity contribution in [1.82, 2.24) is 5.32 Å². The molecule has 0 aliphatic heterocycles. The summed E-state index contributed by atoms with van der Waals surface area (Å²) in [7, 11) is 0. The van der Waals surface area contributed by atoms with Crippen LogP contribution in [-0.2, 0) is 9.59 Å². The van der Waals surface area contributed by atoms with Gasteiger partial charge in [0.2, 0.25) is 5.91 Å². The number of hydrogen-bond donors (Lipinski definition) is 2. The molecule has 2 amide bonds. The molecule has 0 spiro atoms. The molecule has 0 aliphatic carbocycles. The molecular weight excluding hydrogens is 421 g/mol. The van der Waals surface area contributed by atoms with Gasteiger partial charge < -0.3 is 20.1 Å². The number of rotatable bonds is 10. The van der Waals surface area contributed by atoms with Gasteiger partial charge in [0.1, 0.15) is 17.5 Å². The maximum absolute atomic E-state index is 12.6. The highest BCUT2D eigenvalue weighted by Crippen LogP contribution is 2.24. The Labute approximate surface area is 176 Å². The van der Waals surface area contributed by atoms with E-state index in [1.165, 1.54) is 23.9 Å². The Hall–Kier alpha value is -2.88. The molecule has 0 aliphatic rings. The lowest BCUT2D eigenvalue weighted by Gasteiger charge is -2.18. The van der Waals surface area contributed by atoms with Gasteiger partial charge in [-0.05, 0) is 54.8 Å². The summed E-state index contributed by atoms with van der Waals surface area (Å²) in [5.41, 5.74) is 0.276. The first kappa shape index (κ1) is 23.4. The lowest BCUT2D eigenvalue weighted by atomic mass is 10.2. The van der Waals surface area contributed by atoms with Crippen molar-refractivity contribution in [1.29, 1.82) is 0 Å². The first-order chi connectivity index (χ1) is 14.3. The van der Waals surface area contributed by atoms with E-state index in [1.807, 2.05) is 12.3 Å². The molecule has 30 heavy (non-hydrogen) atoms. The van der Waals surface area contributed by atoms with Crippen molar-refractivity contribution in [2.45, 2.75) is 18.8 Å². The number of benzene rings is 2. The van der Waals surface area contributed by atoms with E-state index in [1.54, 1.807) is 24.3 Å². The summed E-state index contributed by atoms with van der Waals surface area (Å²) in [5, 5.41) is 5.20. The van der Waals surface area contributed by atoms with E-state index in [4.69, 9.17) is 4.74 Å². The molecule has 0 saturated heterocycles. The van der Waals surface area contributed by atoms with Gasteiger partial charge >= 0.3 is 6.36 Å². The molecule has 0 heterocycles. The second kappa shape index (κ2) is 11.3. The average molecular weight is 442 g/mol. The van der Waals surface area contributed by atoms with E-state index >= 15 is 0 Å². The van der Waals surface area contributed by atoms with E-state index in [2.05, 4.69) is 15.4 Å². The standard InChI is InChI=1S/C20H21F3N2O4S/c1-30-12-11-17(25-18(26)13-28-15-5-3-2-4-6-15)19(27)24-14-7-9-16(10-8-14)29-20(21,22)23/h2-10,17H,11-13H2,1H3,(H,24,27)(H,25,26)/t17-/m0/s1. The lowest BCUT2D eigenvalue weighted by molar-refractivity contribution is -0.274. The van der Waals surface area contributed by atoms with Crippen LogP contribution >= 0.6 is 11.8 Å². The van der Waals surface area contributed by atoms with Crippen molar-refractivity contribution in [3.63, 3.8) is 0 Å². The first-order valence-electron chi connectivity index (χ1n) is 8.89. The maximum atomic E-state index is 12.6. The molecule has 0 radical (unpaired) electrons. The van der Waals surface area contributed by atoms with Crippen LogP contribution in [-0.4, -0.2) is 42.8 Å². The van der Waals surface area contributed by atoms with Gasteiger partial charge in [0.25, 0.3) is 5.91 Å². The summed E-state index contributed by atoms with van der Waals surface area (Å²) < 4.78 is 45.8. The van der Waals surface area contributed by atoms with Gasteiger partial charge in [0.15, 0.2) is 6.61 Å². The molecule has 0 fully saturated rings. The van der Waals surface area contributed by atoms with Crippen molar-refractivity contribution in [3.8, 4) is 11.5 Å². The van der Waals surface area contributed by atoms with Crippen LogP contribution < -0.4 is 20.1 Å². The topological polar surface area (TPSA) is 76.7 Å². The Morgan fingerprint density at radius 1 is 1.03 bits per heavy atom. The number of ether oxygens (including phenoxy) is 2. The van der Waals surface area contributed by atoms with E-state index in [0.29, 0.717) is 17.9 Å². The van der Waals surface area contributed by atoms with Gasteiger partial charge in [0, 0.05) is 5.69 Å². The van der Waals surface area contributed by atoms with E-state index in [-0.39, 0.29) is 12.3 Å². The summed E-state index contributed by atoms with van der Waals surface area (Å²) >= 11 is 1.51. The number of anilines is 1. The van der Waals surface area contributed by atoms with Crippen molar-refractivity contribution >= 4 is 29.3 Å². The number of amides is 2. The molecule has 2 N–H and O–H groups in total. The fourth-order valence-electron chi connectivity index (χ4n) is 2.38. The zero-order chi connectivity index (χ0) is 22.0. The van der Waals surface area contributed by atoms with Crippen LogP contribution in [0.2, 0.25) is 0 Å². The third kappa shape index (κ3) is 8.64. The van der Waals surface area contributed by atoms with E-state index in [0.717, 1.165) is 12.1 Å². The Kier molecular flexibility index (Phi) is 8.85. The third-order valence-corrected chi connectivity index (χ3v) is 4.37. The lowest BCUT2D eigenvalue weighted by Crippen LogP contribution is -2.45. The number of para-hydroxylation sites is 1. The number of thioether (sulfide) groups is 1. The van der Waals surface area contributed by atoms with Gasteiger partial charge in [-0.2, -0.15) is 11.8 Å². The van der Waals surface area contributed by atoms with Gasteiger partial charge in [-0.25, -0.2) is 0 Å². The molecular formula is C20H21F3N2O4S. The molecule has 2 aromatic carbocycles. The summed E-state index contributed by atoms with van der Waals surface area (Å²) in [6.45, 7) is -0.253. The van der Waals surface area contributed by atoms with Crippen LogP contribution in [0, 0.1) is 0 Å². The summed E-state index contributed by atoms with van der Waals surface area (Å²) in [6, 6.07) is 12.7. The molecule has 2 aromatic rings. The highest BCUT2D eigenvalue weighted by molar-refractivity contribution is 7.98. The average Bonchev–Trinajstić information content (AvgIpc) is 2.70.